The molecule has 7 nitrogen and oxygen atoms in total. The molecule has 148 valence electrons. The molecular weight excluding hydrogens is 411 g/mol. The molecule has 9 heteroatoms. The Morgan fingerprint density at radius 3 is 2.72 bits per heavy atom. The maximum atomic E-state index is 6.58. The molecule has 0 radical (unpaired) electrons. The van der Waals surface area contributed by atoms with E-state index in [9.17, 15) is 0 Å². The molecule has 0 bridgehead atoms. The number of nitrogens with one attached hydrogen (secondary N) is 2. The number of aromatic nitrogens is 5. The number of methoxy groups -OCH3 is 1. The lowest BCUT2D eigenvalue weighted by molar-refractivity contribution is 0.409. The van der Waals surface area contributed by atoms with Gasteiger partial charge in [-0.25, -0.2) is 15.0 Å². The largest absolute Gasteiger partial charge is 0.496 e. The van der Waals surface area contributed by atoms with E-state index in [0.29, 0.717) is 32.8 Å². The van der Waals surface area contributed by atoms with Gasteiger partial charge in [-0.3, -0.25) is 4.98 Å². The van der Waals surface area contributed by atoms with E-state index in [1.807, 2.05) is 26.0 Å². The van der Waals surface area contributed by atoms with Crippen LogP contribution in [-0.4, -0.2) is 32.0 Å². The normalized spacial score (nSPS) is 12.2. The van der Waals surface area contributed by atoms with Gasteiger partial charge in [-0.05, 0) is 31.5 Å². The number of hydrogen-bond donors (Lipinski definition) is 2. The average Bonchev–Trinajstić information content (AvgIpc) is 3.19. The van der Waals surface area contributed by atoms with Crippen LogP contribution >= 0.6 is 23.2 Å². The van der Waals surface area contributed by atoms with Gasteiger partial charge in [-0.15, -0.1) is 0 Å². The van der Waals surface area contributed by atoms with Crippen molar-refractivity contribution < 1.29 is 4.74 Å². The summed E-state index contributed by atoms with van der Waals surface area (Å²) in [4.78, 5) is 20.0. The summed E-state index contributed by atoms with van der Waals surface area (Å²) in [5.41, 5.74) is 4.77. The third kappa shape index (κ3) is 3.59. The predicted octanol–water partition coefficient (Wildman–Crippen LogP) is 5.21. The quantitative estimate of drug-likeness (QED) is 0.453. The molecule has 0 fully saturated rings. The van der Waals surface area contributed by atoms with E-state index in [2.05, 4.69) is 30.2 Å². The van der Waals surface area contributed by atoms with Crippen LogP contribution in [-0.2, 0) is 0 Å². The van der Waals surface area contributed by atoms with Crippen molar-refractivity contribution in [2.75, 3.05) is 12.4 Å². The van der Waals surface area contributed by atoms with E-state index in [-0.39, 0.29) is 6.04 Å². The Labute approximate surface area is 177 Å². The molecule has 1 atom stereocenters. The molecule has 29 heavy (non-hydrogen) atoms. The van der Waals surface area contributed by atoms with Gasteiger partial charge in [0.05, 0.1) is 24.5 Å². The van der Waals surface area contributed by atoms with E-state index in [0.717, 1.165) is 22.3 Å². The first-order chi connectivity index (χ1) is 14.0. The lowest BCUT2D eigenvalue weighted by Gasteiger charge is -2.22. The number of H-pyrrole nitrogens is 1. The summed E-state index contributed by atoms with van der Waals surface area (Å²) < 4.78 is 5.81. The number of hydrogen-bond acceptors (Lipinski definition) is 6. The zero-order chi connectivity index (χ0) is 20.5. The van der Waals surface area contributed by atoms with Crippen molar-refractivity contribution in [1.82, 2.24) is 24.9 Å². The van der Waals surface area contributed by atoms with Crippen molar-refractivity contribution in [3.63, 3.8) is 0 Å². The number of ether oxygens (including phenoxy) is 1. The fraction of sp³-hybridized carbons (Fsp3) is 0.200. The number of imidazole rings is 1. The molecule has 0 amide bonds. The van der Waals surface area contributed by atoms with Crippen LogP contribution in [0, 0.1) is 6.92 Å². The van der Waals surface area contributed by atoms with Gasteiger partial charge >= 0.3 is 0 Å². The highest BCUT2D eigenvalue weighted by atomic mass is 35.5. The van der Waals surface area contributed by atoms with E-state index >= 15 is 0 Å². The maximum absolute atomic E-state index is 6.58. The molecule has 3 heterocycles. The van der Waals surface area contributed by atoms with Crippen LogP contribution in [0.1, 0.15) is 24.1 Å². The summed E-state index contributed by atoms with van der Waals surface area (Å²) in [6.45, 7) is 3.95. The van der Waals surface area contributed by atoms with Crippen LogP contribution in [0.25, 0.3) is 22.3 Å². The van der Waals surface area contributed by atoms with E-state index in [1.165, 1.54) is 6.33 Å². The summed E-state index contributed by atoms with van der Waals surface area (Å²) in [5.74, 6) is 1.32. The van der Waals surface area contributed by atoms with Crippen molar-refractivity contribution >= 4 is 40.2 Å². The molecule has 0 aliphatic heterocycles. The summed E-state index contributed by atoms with van der Waals surface area (Å²) in [5, 5.41) is 4.55. The second kappa shape index (κ2) is 7.85. The van der Waals surface area contributed by atoms with Crippen LogP contribution in [0.2, 0.25) is 10.0 Å². The van der Waals surface area contributed by atoms with Crippen LogP contribution in [0.3, 0.4) is 0 Å². The van der Waals surface area contributed by atoms with Crippen LogP contribution in [0.15, 0.2) is 37.2 Å². The smallest absolute Gasteiger partial charge is 0.162 e. The number of halogens is 2. The average molecular weight is 429 g/mol. The van der Waals surface area contributed by atoms with Gasteiger partial charge in [-0.1, -0.05) is 23.2 Å². The van der Waals surface area contributed by atoms with Crippen molar-refractivity contribution in [3.8, 4) is 16.9 Å². The second-order valence-electron chi connectivity index (χ2n) is 6.56. The van der Waals surface area contributed by atoms with Gasteiger partial charge in [0.15, 0.2) is 11.5 Å². The molecule has 1 aromatic carbocycles. The number of benzene rings is 1. The van der Waals surface area contributed by atoms with Crippen LogP contribution in [0.4, 0.5) is 5.82 Å². The molecule has 0 spiro atoms. The summed E-state index contributed by atoms with van der Waals surface area (Å²) in [6, 6.07) is 3.57. The molecule has 0 saturated carbocycles. The lowest BCUT2D eigenvalue weighted by atomic mass is 9.94. The molecule has 0 saturated heterocycles. The van der Waals surface area contributed by atoms with Crippen LogP contribution < -0.4 is 10.1 Å². The zero-order valence-corrected chi connectivity index (χ0v) is 17.5. The fourth-order valence-corrected chi connectivity index (χ4v) is 3.72. The minimum absolute atomic E-state index is 0.177. The van der Waals surface area contributed by atoms with Crippen molar-refractivity contribution in [2.45, 2.75) is 19.9 Å². The molecule has 4 aromatic rings. The molecule has 4 rings (SSSR count). The summed E-state index contributed by atoms with van der Waals surface area (Å²) in [7, 11) is 1.64. The Morgan fingerprint density at radius 1 is 1.14 bits per heavy atom. The Hall–Kier alpha value is -2.90. The van der Waals surface area contributed by atoms with Gasteiger partial charge < -0.3 is 15.0 Å². The highest BCUT2D eigenvalue weighted by Crippen LogP contribution is 2.43. The number of pyridine rings is 1. The lowest BCUT2D eigenvalue weighted by Crippen LogP contribution is -2.11. The minimum Gasteiger partial charge on any atom is -0.496 e. The number of anilines is 1. The topological polar surface area (TPSA) is 88.6 Å². The molecule has 2 N–H and O–H groups in total. The number of nitrogens with zero attached hydrogens (tertiary/aromatic N) is 4. The highest BCUT2D eigenvalue weighted by Gasteiger charge is 2.22. The SMILES string of the molecule is COc1c(C(C)Nc2ncnc3[nH]cnc23)cc(Cl)c(C)c1-c1cncc(Cl)c1. The predicted molar refractivity (Wildman–Crippen MR) is 115 cm³/mol. The molecule has 1 unspecified atom stereocenters. The zero-order valence-electron chi connectivity index (χ0n) is 16.0. The summed E-state index contributed by atoms with van der Waals surface area (Å²) >= 11 is 12.7. The standard InChI is InChI=1S/C20H18Cl2N6O/c1-10-15(22)5-14(18(29-3)16(10)12-4-13(21)7-23-6-12)11(2)28-20-17-19(25-8-24-17)26-9-27-20/h4-9,11H,1-3H3,(H2,24,25,26,27,28). The maximum Gasteiger partial charge on any atom is 0.162 e. The first kappa shape index (κ1) is 19.4. The highest BCUT2D eigenvalue weighted by molar-refractivity contribution is 6.32. The monoisotopic (exact) mass is 428 g/mol. The third-order valence-electron chi connectivity index (χ3n) is 4.74. The van der Waals surface area contributed by atoms with Gasteiger partial charge in [0.1, 0.15) is 17.6 Å². The number of aromatic amines is 1. The van der Waals surface area contributed by atoms with Crippen molar-refractivity contribution in [2.24, 2.45) is 0 Å². The first-order valence-electron chi connectivity index (χ1n) is 8.88. The Balaban J connectivity index is 1.82. The molecule has 3 aromatic heterocycles. The molecule has 0 aliphatic carbocycles. The minimum atomic E-state index is -0.177. The fourth-order valence-electron chi connectivity index (χ4n) is 3.34. The molecule has 0 aliphatic rings. The Kier molecular flexibility index (Phi) is 5.25. The van der Waals surface area contributed by atoms with Gasteiger partial charge in [-0.2, -0.15) is 0 Å². The Bertz CT molecular complexity index is 1190. The first-order valence-corrected chi connectivity index (χ1v) is 9.63. The van der Waals surface area contributed by atoms with E-state index in [4.69, 9.17) is 27.9 Å². The van der Waals surface area contributed by atoms with Crippen molar-refractivity contribution in [3.05, 3.63) is 58.4 Å². The number of fused-ring (bicyclic) bond motifs is 1. The van der Waals surface area contributed by atoms with Gasteiger partial charge in [0.2, 0.25) is 0 Å². The third-order valence-corrected chi connectivity index (χ3v) is 5.34. The van der Waals surface area contributed by atoms with Crippen LogP contribution in [0.5, 0.6) is 5.75 Å². The van der Waals surface area contributed by atoms with Crippen molar-refractivity contribution in [1.29, 1.82) is 0 Å². The van der Waals surface area contributed by atoms with E-state index in [1.54, 1.807) is 25.8 Å². The summed E-state index contributed by atoms with van der Waals surface area (Å²) in [6.07, 6.45) is 6.40. The van der Waals surface area contributed by atoms with Gasteiger partial charge in [0.25, 0.3) is 0 Å². The molecular formula is C20H18Cl2N6O. The Morgan fingerprint density at radius 2 is 1.97 bits per heavy atom. The van der Waals surface area contributed by atoms with E-state index < -0.39 is 0 Å². The van der Waals surface area contributed by atoms with Gasteiger partial charge in [0, 0.05) is 34.1 Å². The second-order valence-corrected chi connectivity index (χ2v) is 7.40. The number of rotatable bonds is 5.